The van der Waals surface area contributed by atoms with Crippen LogP contribution in [0.15, 0.2) is 48.0 Å². The van der Waals surface area contributed by atoms with Gasteiger partial charge in [-0.2, -0.15) is 0 Å². The van der Waals surface area contributed by atoms with Gasteiger partial charge in [-0.3, -0.25) is 14.5 Å². The van der Waals surface area contributed by atoms with Crippen LogP contribution in [0.3, 0.4) is 0 Å². The van der Waals surface area contributed by atoms with E-state index in [1.807, 2.05) is 0 Å². The third kappa shape index (κ3) is 5.23. The minimum atomic E-state index is -0.917. The van der Waals surface area contributed by atoms with Crippen molar-refractivity contribution in [1.82, 2.24) is 9.80 Å². The predicted molar refractivity (Wildman–Crippen MR) is 132 cm³/mol. The summed E-state index contributed by atoms with van der Waals surface area (Å²) >= 11 is 6.05. The molecule has 10 heteroatoms. The molecule has 2 saturated heterocycles. The van der Waals surface area contributed by atoms with E-state index in [1.165, 1.54) is 42.3 Å². The molecule has 0 bridgehead atoms. The lowest BCUT2D eigenvalue weighted by molar-refractivity contribution is -0.140. The number of ether oxygens (including phenoxy) is 2. The monoisotopic (exact) mass is 514 g/mol. The van der Waals surface area contributed by atoms with Crippen molar-refractivity contribution < 1.29 is 34.1 Å². The van der Waals surface area contributed by atoms with Gasteiger partial charge in [0, 0.05) is 31.2 Å². The van der Waals surface area contributed by atoms with E-state index in [2.05, 4.69) is 4.90 Å². The first-order chi connectivity index (χ1) is 17.3. The van der Waals surface area contributed by atoms with Crippen molar-refractivity contribution >= 4 is 35.0 Å². The highest BCUT2D eigenvalue weighted by Crippen LogP contribution is 2.41. The SMILES string of the molecule is COC(=O)c1ccc(C2/C(=C(\O)c3cc(Cl)ccc3O)C(=O)C(=O)N2CCCN2CCOCC2)cc1. The number of methoxy groups -OCH3 is 1. The van der Waals surface area contributed by atoms with Crippen LogP contribution in [0.5, 0.6) is 5.75 Å². The van der Waals surface area contributed by atoms with Crippen molar-refractivity contribution in [2.45, 2.75) is 12.5 Å². The van der Waals surface area contributed by atoms with Gasteiger partial charge in [0.15, 0.2) is 0 Å². The van der Waals surface area contributed by atoms with Gasteiger partial charge in [0.2, 0.25) is 0 Å². The van der Waals surface area contributed by atoms with E-state index in [4.69, 9.17) is 21.1 Å². The Kier molecular flexibility index (Phi) is 7.93. The number of phenolic OH excluding ortho intramolecular Hbond substituents is 1. The number of morpholine rings is 1. The third-order valence-electron chi connectivity index (χ3n) is 6.38. The number of ketones is 1. The number of carbonyl (C=O) groups excluding carboxylic acids is 3. The van der Waals surface area contributed by atoms with Crippen molar-refractivity contribution in [3.63, 3.8) is 0 Å². The maximum Gasteiger partial charge on any atom is 0.337 e. The topological polar surface area (TPSA) is 117 Å². The number of nitrogens with zero attached hydrogens (tertiary/aromatic N) is 2. The lowest BCUT2D eigenvalue weighted by Crippen LogP contribution is -2.39. The molecule has 1 amide bonds. The lowest BCUT2D eigenvalue weighted by atomic mass is 9.94. The van der Waals surface area contributed by atoms with Crippen LogP contribution in [-0.2, 0) is 19.1 Å². The number of esters is 1. The number of halogens is 1. The van der Waals surface area contributed by atoms with Crippen LogP contribution in [0.1, 0.15) is 33.9 Å². The lowest BCUT2D eigenvalue weighted by Gasteiger charge is -2.29. The summed E-state index contributed by atoms with van der Waals surface area (Å²) in [7, 11) is 1.27. The van der Waals surface area contributed by atoms with E-state index >= 15 is 0 Å². The normalized spacial score (nSPS) is 20.1. The minimum absolute atomic E-state index is 0.0509. The number of phenols is 1. The third-order valence-corrected chi connectivity index (χ3v) is 6.61. The Labute approximate surface area is 213 Å². The summed E-state index contributed by atoms with van der Waals surface area (Å²) in [5, 5.41) is 21.7. The van der Waals surface area contributed by atoms with Gasteiger partial charge in [-0.25, -0.2) is 4.79 Å². The Hall–Kier alpha value is -3.40. The van der Waals surface area contributed by atoms with Gasteiger partial charge < -0.3 is 24.6 Å². The summed E-state index contributed by atoms with van der Waals surface area (Å²) in [5.41, 5.74) is 0.619. The number of aliphatic hydroxyl groups is 1. The van der Waals surface area contributed by atoms with Gasteiger partial charge in [0.05, 0.1) is 43.1 Å². The molecule has 0 aromatic heterocycles. The average molecular weight is 515 g/mol. The first kappa shape index (κ1) is 25.7. The number of carbonyl (C=O) groups is 3. The smallest absolute Gasteiger partial charge is 0.337 e. The van der Waals surface area contributed by atoms with Crippen LogP contribution in [-0.4, -0.2) is 84.2 Å². The van der Waals surface area contributed by atoms with Gasteiger partial charge >= 0.3 is 5.97 Å². The quantitative estimate of drug-likeness (QED) is 0.251. The van der Waals surface area contributed by atoms with Gasteiger partial charge in [-0.15, -0.1) is 0 Å². The molecule has 2 aliphatic heterocycles. The number of hydrogen-bond donors (Lipinski definition) is 2. The zero-order chi connectivity index (χ0) is 25.8. The molecule has 4 rings (SSSR count). The Bertz CT molecular complexity index is 1190. The second-order valence-corrected chi connectivity index (χ2v) is 9.01. The second-order valence-electron chi connectivity index (χ2n) is 8.58. The fraction of sp³-hybridized carbons (Fsp3) is 0.346. The summed E-state index contributed by atoms with van der Waals surface area (Å²) in [4.78, 5) is 41.8. The Morgan fingerprint density at radius 2 is 1.81 bits per heavy atom. The summed E-state index contributed by atoms with van der Waals surface area (Å²) < 4.78 is 10.1. The second kappa shape index (κ2) is 11.1. The molecule has 0 saturated carbocycles. The molecule has 2 aromatic rings. The van der Waals surface area contributed by atoms with Crippen molar-refractivity contribution in [3.8, 4) is 5.75 Å². The maximum absolute atomic E-state index is 13.2. The molecule has 0 aliphatic carbocycles. The number of rotatable bonds is 7. The van der Waals surface area contributed by atoms with Crippen LogP contribution >= 0.6 is 11.6 Å². The van der Waals surface area contributed by atoms with E-state index in [9.17, 15) is 24.6 Å². The number of Topliss-reactive ketones (excluding diaryl/α,β-unsaturated/α-hetero) is 1. The van der Waals surface area contributed by atoms with Crippen LogP contribution in [0.25, 0.3) is 5.76 Å². The zero-order valence-electron chi connectivity index (χ0n) is 19.8. The molecular weight excluding hydrogens is 488 g/mol. The fourth-order valence-corrected chi connectivity index (χ4v) is 4.68. The molecule has 0 radical (unpaired) electrons. The summed E-state index contributed by atoms with van der Waals surface area (Å²) in [6, 6.07) is 9.45. The van der Waals surface area contributed by atoms with Gasteiger partial charge in [-0.1, -0.05) is 23.7 Å². The molecule has 2 aliphatic rings. The largest absolute Gasteiger partial charge is 0.507 e. The highest BCUT2D eigenvalue weighted by molar-refractivity contribution is 6.46. The number of benzene rings is 2. The van der Waals surface area contributed by atoms with Gasteiger partial charge in [0.25, 0.3) is 11.7 Å². The highest BCUT2D eigenvalue weighted by atomic mass is 35.5. The van der Waals surface area contributed by atoms with E-state index in [0.717, 1.165) is 19.6 Å². The molecule has 190 valence electrons. The van der Waals surface area contributed by atoms with Crippen molar-refractivity contribution in [1.29, 1.82) is 0 Å². The zero-order valence-corrected chi connectivity index (χ0v) is 20.5. The molecule has 1 unspecified atom stereocenters. The standard InChI is InChI=1S/C26H27ClN2O7/c1-35-26(34)17-5-3-16(4-6-17)22-21(23(31)19-15-18(27)7-8-20(19)30)24(32)25(33)29(22)10-2-9-28-11-13-36-14-12-28/h3-8,15,22,30-31H,2,9-14H2,1H3/b23-21+. The summed E-state index contributed by atoms with van der Waals surface area (Å²) in [6.07, 6.45) is 0.603. The number of amides is 1. The summed E-state index contributed by atoms with van der Waals surface area (Å²) in [5.74, 6) is -2.94. The molecule has 36 heavy (non-hydrogen) atoms. The predicted octanol–water partition coefficient (Wildman–Crippen LogP) is 2.98. The van der Waals surface area contributed by atoms with Crippen LogP contribution in [0, 0.1) is 0 Å². The van der Waals surface area contributed by atoms with Crippen LogP contribution in [0.4, 0.5) is 0 Å². The highest BCUT2D eigenvalue weighted by Gasteiger charge is 2.46. The number of likely N-dealkylation sites (tertiary alicyclic amines) is 1. The number of aromatic hydroxyl groups is 1. The maximum atomic E-state index is 13.2. The van der Waals surface area contributed by atoms with Gasteiger partial charge in [-0.05, 0) is 42.3 Å². The molecule has 2 heterocycles. The average Bonchev–Trinajstić information content (AvgIpc) is 3.15. The minimum Gasteiger partial charge on any atom is -0.507 e. The van der Waals surface area contributed by atoms with Crippen LogP contribution in [0.2, 0.25) is 5.02 Å². The van der Waals surface area contributed by atoms with Crippen molar-refractivity contribution in [2.75, 3.05) is 46.5 Å². The molecule has 2 fully saturated rings. The molecule has 0 spiro atoms. The molecule has 9 nitrogen and oxygen atoms in total. The first-order valence-corrected chi connectivity index (χ1v) is 11.9. The fourth-order valence-electron chi connectivity index (χ4n) is 4.51. The van der Waals surface area contributed by atoms with Crippen molar-refractivity contribution in [2.24, 2.45) is 0 Å². The van der Waals surface area contributed by atoms with Gasteiger partial charge in [0.1, 0.15) is 11.5 Å². The number of aliphatic hydroxyl groups excluding tert-OH is 1. The van der Waals surface area contributed by atoms with Crippen LogP contribution < -0.4 is 0 Å². The Balaban J connectivity index is 1.72. The van der Waals surface area contributed by atoms with E-state index in [1.54, 1.807) is 12.1 Å². The number of hydrogen-bond acceptors (Lipinski definition) is 8. The summed E-state index contributed by atoms with van der Waals surface area (Å²) in [6.45, 7) is 3.88. The Morgan fingerprint density at radius 3 is 2.47 bits per heavy atom. The van der Waals surface area contributed by atoms with E-state index < -0.39 is 29.5 Å². The van der Waals surface area contributed by atoms with E-state index in [-0.39, 0.29) is 28.5 Å². The van der Waals surface area contributed by atoms with E-state index in [0.29, 0.717) is 30.8 Å². The molecular formula is C26H27ClN2O7. The molecule has 2 N–H and O–H groups in total. The Morgan fingerprint density at radius 1 is 1.11 bits per heavy atom. The first-order valence-electron chi connectivity index (χ1n) is 11.6. The molecule has 1 atom stereocenters. The molecule has 2 aromatic carbocycles. The van der Waals surface area contributed by atoms with Crippen molar-refractivity contribution in [3.05, 3.63) is 69.8 Å².